The Morgan fingerprint density at radius 2 is 0.836 bits per heavy atom. The van der Waals surface area contributed by atoms with Gasteiger partial charge in [-0.2, -0.15) is 0 Å². The van der Waals surface area contributed by atoms with Crippen molar-refractivity contribution in [3.8, 4) is 22.3 Å². The number of unbranched alkanes of at least 4 members (excludes halogenated alkanes) is 10. The molecule has 55 heavy (non-hydrogen) atoms. The first-order valence-corrected chi connectivity index (χ1v) is 21.7. The van der Waals surface area contributed by atoms with Gasteiger partial charge in [-0.25, -0.2) is 0 Å². The van der Waals surface area contributed by atoms with E-state index in [0.29, 0.717) is 0 Å². The zero-order chi connectivity index (χ0) is 37.8. The molecule has 0 aliphatic heterocycles. The second-order valence-electron chi connectivity index (χ2n) is 17.2. The minimum Gasteiger partial charge on any atom is -0.310 e. The van der Waals surface area contributed by atoms with E-state index in [1.165, 1.54) is 151 Å². The minimum atomic E-state index is -0.0695. The summed E-state index contributed by atoms with van der Waals surface area (Å²) in [5, 5.41) is 2.55. The summed E-state index contributed by atoms with van der Waals surface area (Å²) in [4.78, 5) is 2.55. The molecule has 1 nitrogen and oxygen atoms in total. The lowest BCUT2D eigenvalue weighted by Crippen LogP contribution is -2.26. The fourth-order valence-corrected chi connectivity index (χ4v) is 10.3. The Balaban J connectivity index is 1.25. The summed E-state index contributed by atoms with van der Waals surface area (Å²) < 4.78 is 0. The quantitative estimate of drug-likeness (QED) is 0.0847. The fraction of sp³-hybridized carbons (Fsp3) is 0.370. The molecule has 0 amide bonds. The van der Waals surface area contributed by atoms with Crippen molar-refractivity contribution in [3.05, 3.63) is 150 Å². The Bertz CT molecular complexity index is 2240. The largest absolute Gasteiger partial charge is 0.310 e. The number of rotatable bonds is 17. The van der Waals surface area contributed by atoms with Gasteiger partial charge in [-0.1, -0.05) is 196 Å². The third-order valence-corrected chi connectivity index (χ3v) is 13.2. The highest BCUT2D eigenvalue weighted by molar-refractivity contribution is 5.92. The highest BCUT2D eigenvalue weighted by Crippen LogP contribution is 2.56. The van der Waals surface area contributed by atoms with Crippen molar-refractivity contribution in [2.75, 3.05) is 4.90 Å². The van der Waals surface area contributed by atoms with E-state index in [4.69, 9.17) is 0 Å². The van der Waals surface area contributed by atoms with Crippen molar-refractivity contribution < 1.29 is 0 Å². The molecule has 0 unspecified atom stereocenters. The summed E-state index contributed by atoms with van der Waals surface area (Å²) >= 11 is 0. The maximum Gasteiger partial charge on any atom is 0.0468 e. The van der Waals surface area contributed by atoms with Gasteiger partial charge in [0.05, 0.1) is 0 Å². The van der Waals surface area contributed by atoms with Gasteiger partial charge in [-0.05, 0) is 105 Å². The Morgan fingerprint density at radius 1 is 0.382 bits per heavy atom. The van der Waals surface area contributed by atoms with Gasteiger partial charge >= 0.3 is 0 Å². The lowest BCUT2D eigenvalue weighted by atomic mass is 9.70. The number of anilines is 3. The zero-order valence-electron chi connectivity index (χ0n) is 34.0. The first kappa shape index (κ1) is 37.3. The molecule has 2 aliphatic rings. The molecule has 1 heteroatoms. The summed E-state index contributed by atoms with van der Waals surface area (Å²) in [5.41, 5.74) is 15.2. The van der Waals surface area contributed by atoms with Gasteiger partial charge < -0.3 is 4.90 Å². The van der Waals surface area contributed by atoms with Crippen LogP contribution in [0.4, 0.5) is 17.1 Å². The maximum absolute atomic E-state index is 2.62. The van der Waals surface area contributed by atoms with Crippen molar-refractivity contribution in [2.45, 2.75) is 128 Å². The molecule has 2 aliphatic carbocycles. The first-order valence-electron chi connectivity index (χ1n) is 21.7. The molecule has 6 aromatic carbocycles. The number of hydrogen-bond donors (Lipinski definition) is 0. The molecule has 0 bridgehead atoms. The molecule has 0 spiro atoms. The molecule has 0 N–H and O–H groups in total. The van der Waals surface area contributed by atoms with Crippen molar-refractivity contribution in [2.24, 2.45) is 0 Å². The third-order valence-electron chi connectivity index (χ3n) is 13.2. The Kier molecular flexibility index (Phi) is 11.0. The van der Waals surface area contributed by atoms with Gasteiger partial charge in [0.2, 0.25) is 0 Å². The first-order chi connectivity index (χ1) is 27.0. The lowest BCUT2D eigenvalue weighted by Gasteiger charge is -2.34. The monoisotopic (exact) mass is 723 g/mol. The van der Waals surface area contributed by atoms with Crippen LogP contribution in [0, 0.1) is 0 Å². The smallest absolute Gasteiger partial charge is 0.0468 e. The third kappa shape index (κ3) is 7.05. The summed E-state index contributed by atoms with van der Waals surface area (Å²) in [6.45, 7) is 9.44. The average Bonchev–Trinajstić information content (AvgIpc) is 3.62. The maximum atomic E-state index is 2.62. The Hall–Kier alpha value is -4.62. The van der Waals surface area contributed by atoms with Crippen LogP contribution in [0.1, 0.15) is 140 Å². The van der Waals surface area contributed by atoms with Gasteiger partial charge in [-0.15, -0.1) is 0 Å². The number of fused-ring (bicyclic) bond motifs is 7. The van der Waals surface area contributed by atoms with Crippen LogP contribution < -0.4 is 4.90 Å². The molecular formula is C54H61N. The van der Waals surface area contributed by atoms with Gasteiger partial charge in [-0.3, -0.25) is 0 Å². The topological polar surface area (TPSA) is 3.24 Å². The highest BCUT2D eigenvalue weighted by Gasteiger charge is 2.43. The second-order valence-corrected chi connectivity index (χ2v) is 17.2. The van der Waals surface area contributed by atoms with Crippen LogP contribution in [0.2, 0.25) is 0 Å². The Labute approximate surface area is 331 Å². The van der Waals surface area contributed by atoms with Crippen LogP contribution in [0.3, 0.4) is 0 Å². The molecule has 0 atom stereocenters. The molecule has 0 aromatic heterocycles. The highest BCUT2D eigenvalue weighted by atomic mass is 15.1. The van der Waals surface area contributed by atoms with E-state index >= 15 is 0 Å². The standard InChI is InChI=1S/C54H61N/c1-5-7-9-11-13-21-35-54(36-22-14-12-10-8-6-2)50-28-20-18-26-46(50)48-34-32-44(39-52(48)54)55(42-30-29-40-23-15-16-24-41(40)37-42)43-31-33-47-45-25-17-19-27-49(45)53(3,4)51(47)38-43/h15-20,23-34,37-39H,5-14,21-22,35-36H2,1-4H3. The van der Waals surface area contributed by atoms with E-state index in [1.54, 1.807) is 11.1 Å². The van der Waals surface area contributed by atoms with Crippen LogP contribution in [-0.4, -0.2) is 0 Å². The van der Waals surface area contributed by atoms with Crippen molar-refractivity contribution >= 4 is 27.8 Å². The number of nitrogens with zero attached hydrogens (tertiary/aromatic N) is 1. The van der Waals surface area contributed by atoms with Gasteiger partial charge in [0, 0.05) is 27.9 Å². The van der Waals surface area contributed by atoms with Crippen molar-refractivity contribution in [1.29, 1.82) is 0 Å². The van der Waals surface area contributed by atoms with Crippen LogP contribution in [-0.2, 0) is 10.8 Å². The van der Waals surface area contributed by atoms with E-state index in [2.05, 4.69) is 160 Å². The number of hydrogen-bond acceptors (Lipinski definition) is 1. The molecule has 0 saturated heterocycles. The van der Waals surface area contributed by atoms with Gasteiger partial charge in [0.25, 0.3) is 0 Å². The van der Waals surface area contributed by atoms with Crippen molar-refractivity contribution in [3.63, 3.8) is 0 Å². The second kappa shape index (κ2) is 16.2. The zero-order valence-corrected chi connectivity index (χ0v) is 34.0. The number of benzene rings is 6. The summed E-state index contributed by atoms with van der Waals surface area (Å²) in [7, 11) is 0. The van der Waals surface area contributed by atoms with Gasteiger partial charge in [0.1, 0.15) is 0 Å². The lowest BCUT2D eigenvalue weighted by molar-refractivity contribution is 0.398. The van der Waals surface area contributed by atoms with E-state index in [1.807, 2.05) is 0 Å². The predicted octanol–water partition coefficient (Wildman–Crippen LogP) is 16.4. The fourth-order valence-electron chi connectivity index (χ4n) is 10.3. The van der Waals surface area contributed by atoms with Crippen LogP contribution >= 0.6 is 0 Å². The SMILES string of the molecule is CCCCCCCCC1(CCCCCCCC)c2ccccc2-c2ccc(N(c3ccc4c(c3)C(C)(C)c3ccccc3-4)c3ccc4ccccc4c3)cc21. The molecular weight excluding hydrogens is 663 g/mol. The molecule has 8 rings (SSSR count). The van der Waals surface area contributed by atoms with E-state index < -0.39 is 0 Å². The van der Waals surface area contributed by atoms with Crippen LogP contribution in [0.15, 0.2) is 127 Å². The molecule has 6 aromatic rings. The van der Waals surface area contributed by atoms with E-state index in [-0.39, 0.29) is 10.8 Å². The predicted molar refractivity (Wildman–Crippen MR) is 238 cm³/mol. The average molecular weight is 724 g/mol. The van der Waals surface area contributed by atoms with Gasteiger partial charge in [0.15, 0.2) is 0 Å². The summed E-state index contributed by atoms with van der Waals surface area (Å²) in [5.74, 6) is 0. The van der Waals surface area contributed by atoms with Crippen molar-refractivity contribution in [1.82, 2.24) is 0 Å². The molecule has 0 radical (unpaired) electrons. The molecule has 0 fully saturated rings. The normalized spacial score (nSPS) is 14.4. The minimum absolute atomic E-state index is 0.0358. The van der Waals surface area contributed by atoms with E-state index in [9.17, 15) is 0 Å². The summed E-state index contributed by atoms with van der Waals surface area (Å²) in [6.07, 6.45) is 18.4. The van der Waals surface area contributed by atoms with Crippen LogP contribution in [0.5, 0.6) is 0 Å². The molecule has 282 valence electrons. The Morgan fingerprint density at radius 3 is 1.49 bits per heavy atom. The molecule has 0 heterocycles. The van der Waals surface area contributed by atoms with E-state index in [0.717, 1.165) is 0 Å². The van der Waals surface area contributed by atoms with Crippen LogP contribution in [0.25, 0.3) is 33.0 Å². The summed E-state index contributed by atoms with van der Waals surface area (Å²) in [6, 6.07) is 49.0. The molecule has 0 saturated carbocycles.